The summed E-state index contributed by atoms with van der Waals surface area (Å²) in [6.07, 6.45) is -0.784. The van der Waals surface area contributed by atoms with Crippen molar-refractivity contribution in [3.63, 3.8) is 0 Å². The zero-order chi connectivity index (χ0) is 29.5. The lowest BCUT2D eigenvalue weighted by molar-refractivity contribution is -0.145. The molecule has 14 nitrogen and oxygen atoms in total. The predicted molar refractivity (Wildman–Crippen MR) is 142 cm³/mol. The van der Waals surface area contributed by atoms with Crippen molar-refractivity contribution in [2.24, 2.45) is 11.7 Å². The first-order valence-electron chi connectivity index (χ1n) is 12.4. The van der Waals surface area contributed by atoms with Gasteiger partial charge in [0.05, 0.1) is 26.3 Å². The summed E-state index contributed by atoms with van der Waals surface area (Å²) in [7, 11) is 0. The molecule has 14 heteroatoms. The molecule has 1 aliphatic rings. The van der Waals surface area contributed by atoms with Crippen LogP contribution in [0.2, 0.25) is 0 Å². The zero-order valence-corrected chi connectivity index (χ0v) is 22.7. The molecule has 2 rings (SSSR count). The number of carboxylic acid groups (broad SMARTS) is 1. The highest BCUT2D eigenvalue weighted by atomic mass is 16.6. The normalized spacial score (nSPS) is 13.5. The molecule has 0 aromatic heterocycles. The number of nitrogens with zero attached hydrogens (tertiary/aromatic N) is 2. The van der Waals surface area contributed by atoms with E-state index in [0.29, 0.717) is 18.7 Å². The van der Waals surface area contributed by atoms with Gasteiger partial charge in [0.1, 0.15) is 11.9 Å². The summed E-state index contributed by atoms with van der Waals surface area (Å²) in [6.45, 7) is 7.34. The maximum absolute atomic E-state index is 12.6. The molecule has 39 heavy (non-hydrogen) atoms. The van der Waals surface area contributed by atoms with Crippen LogP contribution in [0.4, 0.5) is 10.5 Å². The van der Waals surface area contributed by atoms with Gasteiger partial charge in [-0.1, -0.05) is 13.8 Å². The second-order valence-electron chi connectivity index (χ2n) is 8.96. The highest BCUT2D eigenvalue weighted by Crippen LogP contribution is 2.17. The number of anilines is 1. The monoisotopic (exact) mass is 550 g/mol. The van der Waals surface area contributed by atoms with Crippen LogP contribution in [0, 0.1) is 11.3 Å². The number of ether oxygens (including phenoxy) is 2. The fourth-order valence-electron chi connectivity index (χ4n) is 3.26. The van der Waals surface area contributed by atoms with Crippen LogP contribution in [0.3, 0.4) is 0 Å². The van der Waals surface area contributed by atoms with Crippen LogP contribution in [0.25, 0.3) is 0 Å². The van der Waals surface area contributed by atoms with E-state index in [4.69, 9.17) is 30.5 Å². The number of amides is 3. The molecular weight excluding hydrogens is 512 g/mol. The van der Waals surface area contributed by atoms with Crippen LogP contribution < -0.4 is 21.3 Å². The van der Waals surface area contributed by atoms with Crippen molar-refractivity contribution >= 4 is 41.4 Å². The lowest BCUT2D eigenvalue weighted by atomic mass is 10.1. The summed E-state index contributed by atoms with van der Waals surface area (Å²) in [5.74, 6) is -2.13. The third kappa shape index (κ3) is 12.6. The van der Waals surface area contributed by atoms with Gasteiger partial charge in [0.25, 0.3) is 5.97 Å². The molecule has 0 bridgehead atoms. The van der Waals surface area contributed by atoms with E-state index in [9.17, 15) is 19.2 Å². The predicted octanol–water partition coefficient (Wildman–Crippen LogP) is 0.140. The van der Waals surface area contributed by atoms with Crippen LogP contribution in [-0.2, 0) is 28.7 Å². The lowest BCUT2D eigenvalue weighted by Crippen LogP contribution is -2.54. The van der Waals surface area contributed by atoms with Crippen molar-refractivity contribution in [1.82, 2.24) is 15.5 Å². The molecule has 1 heterocycles. The van der Waals surface area contributed by atoms with Gasteiger partial charge in [0, 0.05) is 37.8 Å². The minimum atomic E-state index is -1.12. The second kappa shape index (κ2) is 16.5. The average Bonchev–Trinajstić information content (AvgIpc) is 2.86. The maximum atomic E-state index is 12.6. The molecule has 0 radical (unpaired) electrons. The Morgan fingerprint density at radius 3 is 2.26 bits per heavy atom. The molecule has 0 aliphatic carbocycles. The molecule has 0 spiro atoms. The number of carboxylic acids is 1. The van der Waals surface area contributed by atoms with Crippen molar-refractivity contribution in [3.8, 4) is 0 Å². The van der Waals surface area contributed by atoms with E-state index in [-0.39, 0.29) is 50.5 Å². The molecule has 1 fully saturated rings. The Hall–Kier alpha value is -4.36. The molecule has 1 atom stereocenters. The Morgan fingerprint density at radius 1 is 1.13 bits per heavy atom. The number of aliphatic carboxylic acids is 1. The van der Waals surface area contributed by atoms with Gasteiger partial charge in [-0.05, 0) is 37.1 Å². The Labute approximate surface area is 227 Å². The number of nitrogens with two attached hydrogens (primary N) is 1. The van der Waals surface area contributed by atoms with Crippen molar-refractivity contribution in [1.29, 1.82) is 5.41 Å². The number of rotatable bonds is 11. The second-order valence-corrected chi connectivity index (χ2v) is 8.96. The maximum Gasteiger partial charge on any atom is 0.407 e. The number of carbonyl (C=O) groups is 5. The number of hydrogen-bond acceptors (Lipinski definition) is 9. The molecule has 216 valence electrons. The first-order valence-corrected chi connectivity index (χ1v) is 12.4. The number of nitrogen functional groups attached to an aromatic ring is 1. The van der Waals surface area contributed by atoms with Crippen LogP contribution in [0.5, 0.6) is 0 Å². The fourth-order valence-corrected chi connectivity index (χ4v) is 3.26. The van der Waals surface area contributed by atoms with Gasteiger partial charge in [-0.2, -0.15) is 0 Å². The first-order chi connectivity index (χ1) is 18.3. The van der Waals surface area contributed by atoms with Crippen molar-refractivity contribution in [3.05, 3.63) is 29.8 Å². The van der Waals surface area contributed by atoms with Gasteiger partial charge in [-0.25, -0.2) is 9.59 Å². The van der Waals surface area contributed by atoms with Crippen molar-refractivity contribution < 1.29 is 38.6 Å². The van der Waals surface area contributed by atoms with E-state index in [0.717, 1.165) is 12.6 Å². The lowest BCUT2D eigenvalue weighted by Gasteiger charge is -2.35. The standard InChI is InChI=1S/C23H34N6O6.C2H4O2/c1-4-34-22(32)18(27-23(33)35-14-15(2)3)11-26-19(30)12-29-10-9-28(13-20(29)31)17-7-5-16(6-8-17)21(24)25;1-2(3)4/h5-8,15,18H,4,9-14H2,1-3H3,(H3,24,25)(H,26,30)(H,27,33);1H3,(H,3,4)/t18-;/m0./s1. The number of carbonyl (C=O) groups excluding carboxylic acids is 4. The Bertz CT molecular complexity index is 1010. The fraction of sp³-hybridized carbons (Fsp3) is 0.520. The van der Waals surface area contributed by atoms with Gasteiger partial charge < -0.3 is 40.7 Å². The summed E-state index contributed by atoms with van der Waals surface area (Å²) in [4.78, 5) is 61.5. The smallest absolute Gasteiger partial charge is 0.407 e. The van der Waals surface area contributed by atoms with Gasteiger partial charge in [-0.15, -0.1) is 0 Å². The Kier molecular flexibility index (Phi) is 13.8. The topological polar surface area (TPSA) is 204 Å². The number of benzene rings is 1. The van der Waals surface area contributed by atoms with Gasteiger partial charge in [0.2, 0.25) is 11.8 Å². The molecule has 1 aliphatic heterocycles. The Balaban J connectivity index is 0.00000177. The van der Waals surface area contributed by atoms with Gasteiger partial charge in [0.15, 0.2) is 0 Å². The molecule has 3 amide bonds. The summed E-state index contributed by atoms with van der Waals surface area (Å²) < 4.78 is 9.98. The highest BCUT2D eigenvalue weighted by Gasteiger charge is 2.27. The van der Waals surface area contributed by atoms with E-state index in [1.165, 1.54) is 4.90 Å². The highest BCUT2D eigenvalue weighted by molar-refractivity contribution is 5.95. The largest absolute Gasteiger partial charge is 0.481 e. The zero-order valence-electron chi connectivity index (χ0n) is 22.7. The molecule has 6 N–H and O–H groups in total. The molecule has 1 saturated heterocycles. The van der Waals surface area contributed by atoms with E-state index in [1.54, 1.807) is 31.2 Å². The van der Waals surface area contributed by atoms with E-state index in [1.807, 2.05) is 18.7 Å². The number of nitrogens with one attached hydrogen (secondary N) is 3. The first kappa shape index (κ1) is 32.7. The number of amidine groups is 1. The molecule has 0 saturated carbocycles. The number of alkyl carbamates (subject to hydrolysis) is 1. The Morgan fingerprint density at radius 2 is 1.74 bits per heavy atom. The summed E-state index contributed by atoms with van der Waals surface area (Å²) in [6, 6.07) is 5.90. The molecular formula is C25H38N6O8. The number of piperazine rings is 1. The van der Waals surface area contributed by atoms with E-state index < -0.39 is 30.0 Å². The van der Waals surface area contributed by atoms with Crippen LogP contribution in [0.1, 0.15) is 33.3 Å². The number of hydrogen-bond donors (Lipinski definition) is 5. The van der Waals surface area contributed by atoms with Crippen molar-refractivity contribution in [2.75, 3.05) is 50.8 Å². The molecule has 1 aromatic carbocycles. The third-order valence-electron chi connectivity index (χ3n) is 5.11. The van der Waals surface area contributed by atoms with E-state index >= 15 is 0 Å². The van der Waals surface area contributed by atoms with Crippen LogP contribution in [-0.4, -0.2) is 97.7 Å². The minimum Gasteiger partial charge on any atom is -0.481 e. The van der Waals surface area contributed by atoms with Crippen molar-refractivity contribution in [2.45, 2.75) is 33.7 Å². The van der Waals surface area contributed by atoms with Gasteiger partial charge in [-0.3, -0.25) is 19.8 Å². The van der Waals surface area contributed by atoms with E-state index in [2.05, 4.69) is 10.6 Å². The summed E-state index contributed by atoms with van der Waals surface area (Å²) in [5, 5.41) is 19.8. The summed E-state index contributed by atoms with van der Waals surface area (Å²) in [5.41, 5.74) is 6.89. The molecule has 0 unspecified atom stereocenters. The SMILES string of the molecule is CC(=O)O.CCOC(=O)[C@H](CNC(=O)CN1CCN(c2ccc(C(=N)N)cc2)CC1=O)NC(=O)OCC(C)C. The van der Waals surface area contributed by atoms with Crippen LogP contribution in [0.15, 0.2) is 24.3 Å². The average molecular weight is 551 g/mol. The quantitative estimate of drug-likeness (QED) is 0.143. The summed E-state index contributed by atoms with van der Waals surface area (Å²) >= 11 is 0. The van der Waals surface area contributed by atoms with Gasteiger partial charge >= 0.3 is 12.1 Å². The number of esters is 1. The third-order valence-corrected chi connectivity index (χ3v) is 5.11. The minimum absolute atomic E-state index is 0.0312. The molecule has 1 aromatic rings. The van der Waals surface area contributed by atoms with Crippen LogP contribution >= 0.6 is 0 Å².